The first-order chi connectivity index (χ1) is 7.31. The van der Waals surface area contributed by atoms with Gasteiger partial charge in [-0.1, -0.05) is 0 Å². The molecule has 1 aromatic rings. The van der Waals surface area contributed by atoms with Crippen molar-refractivity contribution in [2.45, 2.75) is 25.4 Å². The van der Waals surface area contributed by atoms with Gasteiger partial charge in [-0.2, -0.15) is 0 Å². The minimum absolute atomic E-state index is 0.201. The highest BCUT2D eigenvalue weighted by Crippen LogP contribution is 2.25. The van der Waals surface area contributed by atoms with E-state index >= 15 is 0 Å². The topological polar surface area (TPSA) is 62.6 Å². The van der Waals surface area contributed by atoms with Crippen LogP contribution in [-0.2, 0) is 0 Å². The fourth-order valence-corrected chi connectivity index (χ4v) is 1.92. The number of aliphatic hydroxyl groups excluding tert-OH is 1. The van der Waals surface area contributed by atoms with Gasteiger partial charge in [-0.3, -0.25) is 0 Å². The van der Waals surface area contributed by atoms with E-state index in [1.807, 2.05) is 12.1 Å². The third-order valence-electron chi connectivity index (χ3n) is 2.83. The average molecular weight is 210 g/mol. The zero-order valence-electron chi connectivity index (χ0n) is 8.85. The fraction of sp³-hybridized carbons (Fsp3) is 0.636. The van der Waals surface area contributed by atoms with Crippen LogP contribution in [0.1, 0.15) is 31.1 Å². The van der Waals surface area contributed by atoms with Crippen molar-refractivity contribution in [3.63, 3.8) is 0 Å². The van der Waals surface area contributed by atoms with Crippen LogP contribution in [0.2, 0.25) is 0 Å². The van der Waals surface area contributed by atoms with E-state index in [9.17, 15) is 5.11 Å². The van der Waals surface area contributed by atoms with Gasteiger partial charge < -0.3 is 20.2 Å². The maximum Gasteiger partial charge on any atom is 0.195 e. The maximum absolute atomic E-state index is 9.50. The smallest absolute Gasteiger partial charge is 0.195 e. The van der Waals surface area contributed by atoms with Gasteiger partial charge in [-0.05, 0) is 25.3 Å². The van der Waals surface area contributed by atoms with Gasteiger partial charge in [0.25, 0.3) is 0 Å². The van der Waals surface area contributed by atoms with E-state index in [4.69, 9.17) is 10.2 Å². The molecule has 84 valence electrons. The molecule has 2 rings (SSSR count). The third kappa shape index (κ3) is 2.33. The van der Waals surface area contributed by atoms with Crippen molar-refractivity contribution >= 4 is 5.88 Å². The van der Waals surface area contributed by atoms with Crippen molar-refractivity contribution in [1.29, 1.82) is 0 Å². The Morgan fingerprint density at radius 2 is 2.07 bits per heavy atom. The number of furan rings is 1. The Morgan fingerprint density at radius 3 is 2.73 bits per heavy atom. The van der Waals surface area contributed by atoms with Crippen LogP contribution in [0.15, 0.2) is 16.5 Å². The van der Waals surface area contributed by atoms with E-state index in [0.29, 0.717) is 5.76 Å². The average Bonchev–Trinajstić information content (AvgIpc) is 2.78. The molecule has 0 aliphatic carbocycles. The van der Waals surface area contributed by atoms with Crippen LogP contribution in [0.5, 0.6) is 0 Å². The van der Waals surface area contributed by atoms with Crippen LogP contribution in [-0.4, -0.2) is 24.7 Å². The summed E-state index contributed by atoms with van der Waals surface area (Å²) in [5.41, 5.74) is 5.37. The van der Waals surface area contributed by atoms with Crippen molar-refractivity contribution in [3.05, 3.63) is 17.9 Å². The number of piperidine rings is 1. The van der Waals surface area contributed by atoms with Crippen LogP contribution in [0.4, 0.5) is 5.88 Å². The number of aliphatic hydroxyl groups is 1. The first-order valence-electron chi connectivity index (χ1n) is 5.54. The second-order valence-electron chi connectivity index (χ2n) is 3.98. The zero-order valence-corrected chi connectivity index (χ0v) is 8.85. The number of anilines is 1. The molecule has 0 radical (unpaired) electrons. The number of hydrogen-bond donors (Lipinski definition) is 2. The van der Waals surface area contributed by atoms with Crippen molar-refractivity contribution in [3.8, 4) is 0 Å². The monoisotopic (exact) mass is 210 g/mol. The molecule has 3 N–H and O–H groups in total. The summed E-state index contributed by atoms with van der Waals surface area (Å²) in [6, 6.07) is 3.72. The summed E-state index contributed by atoms with van der Waals surface area (Å²) in [6.07, 6.45) is 3.06. The molecule has 1 aliphatic heterocycles. The van der Waals surface area contributed by atoms with E-state index in [1.54, 1.807) is 0 Å². The van der Waals surface area contributed by atoms with E-state index in [2.05, 4.69) is 4.90 Å². The molecule has 0 saturated carbocycles. The lowest BCUT2D eigenvalue weighted by atomic mass is 10.1. The molecule has 1 aliphatic rings. The molecular weight excluding hydrogens is 192 g/mol. The molecule has 0 bridgehead atoms. The predicted octanol–water partition coefficient (Wildman–Crippen LogP) is 1.26. The van der Waals surface area contributed by atoms with Crippen LogP contribution in [0.25, 0.3) is 0 Å². The van der Waals surface area contributed by atoms with Crippen molar-refractivity contribution in [1.82, 2.24) is 0 Å². The highest BCUT2D eigenvalue weighted by molar-refractivity contribution is 5.37. The Kier molecular flexibility index (Phi) is 3.28. The highest BCUT2D eigenvalue weighted by atomic mass is 16.4. The predicted molar refractivity (Wildman–Crippen MR) is 58.8 cm³/mol. The molecule has 0 amide bonds. The number of nitrogens with two attached hydrogens (primary N) is 1. The number of hydrogen-bond acceptors (Lipinski definition) is 4. The van der Waals surface area contributed by atoms with E-state index in [1.165, 1.54) is 19.3 Å². The Balaban J connectivity index is 2.05. The number of rotatable bonds is 3. The first kappa shape index (κ1) is 10.5. The Hall–Kier alpha value is -1.00. The molecule has 1 fully saturated rings. The lowest BCUT2D eigenvalue weighted by Crippen LogP contribution is -2.28. The van der Waals surface area contributed by atoms with Crippen molar-refractivity contribution < 1.29 is 9.52 Å². The summed E-state index contributed by atoms with van der Waals surface area (Å²) >= 11 is 0. The molecule has 0 aromatic carbocycles. The normalized spacial score (nSPS) is 19.2. The summed E-state index contributed by atoms with van der Waals surface area (Å²) in [7, 11) is 0. The molecule has 15 heavy (non-hydrogen) atoms. The summed E-state index contributed by atoms with van der Waals surface area (Å²) in [5, 5.41) is 9.50. The quantitative estimate of drug-likeness (QED) is 0.788. The zero-order chi connectivity index (χ0) is 10.7. The Labute approximate surface area is 89.7 Å². The van der Waals surface area contributed by atoms with Gasteiger partial charge in [0.05, 0.1) is 0 Å². The maximum atomic E-state index is 9.50. The standard InChI is InChI=1S/C11H18N2O2/c12-8-9(14)10-4-5-11(15-10)13-6-2-1-3-7-13/h4-5,9,14H,1-3,6-8,12H2/t9-/m0/s1. The van der Waals surface area contributed by atoms with E-state index < -0.39 is 6.10 Å². The fourth-order valence-electron chi connectivity index (χ4n) is 1.92. The van der Waals surface area contributed by atoms with Gasteiger partial charge in [0.1, 0.15) is 11.9 Å². The lowest BCUT2D eigenvalue weighted by Gasteiger charge is -2.26. The molecule has 4 heteroatoms. The summed E-state index contributed by atoms with van der Waals surface area (Å²) in [6.45, 7) is 2.30. The van der Waals surface area contributed by atoms with Crippen LogP contribution < -0.4 is 10.6 Å². The molecule has 1 atom stereocenters. The van der Waals surface area contributed by atoms with Gasteiger partial charge in [-0.25, -0.2) is 0 Å². The molecule has 2 heterocycles. The molecular formula is C11H18N2O2. The summed E-state index contributed by atoms with van der Waals surface area (Å²) in [5.74, 6) is 1.43. The molecule has 1 aromatic heterocycles. The minimum Gasteiger partial charge on any atom is -0.443 e. The van der Waals surface area contributed by atoms with Gasteiger partial charge in [0, 0.05) is 25.7 Å². The molecule has 1 saturated heterocycles. The number of nitrogens with zero attached hydrogens (tertiary/aromatic N) is 1. The van der Waals surface area contributed by atoms with Gasteiger partial charge in [-0.15, -0.1) is 0 Å². The van der Waals surface area contributed by atoms with Crippen molar-refractivity contribution in [2.75, 3.05) is 24.5 Å². The van der Waals surface area contributed by atoms with Gasteiger partial charge in [0.2, 0.25) is 0 Å². The summed E-state index contributed by atoms with van der Waals surface area (Å²) < 4.78 is 5.57. The van der Waals surface area contributed by atoms with Crippen molar-refractivity contribution in [2.24, 2.45) is 5.73 Å². The minimum atomic E-state index is -0.677. The van der Waals surface area contributed by atoms with Crippen LogP contribution >= 0.6 is 0 Å². The second-order valence-corrected chi connectivity index (χ2v) is 3.98. The van der Waals surface area contributed by atoms with Crippen LogP contribution in [0, 0.1) is 0 Å². The summed E-state index contributed by atoms with van der Waals surface area (Å²) in [4.78, 5) is 2.22. The molecule has 4 nitrogen and oxygen atoms in total. The molecule has 0 spiro atoms. The highest BCUT2D eigenvalue weighted by Gasteiger charge is 2.16. The third-order valence-corrected chi connectivity index (χ3v) is 2.83. The van der Waals surface area contributed by atoms with E-state index in [-0.39, 0.29) is 6.54 Å². The Morgan fingerprint density at radius 1 is 1.33 bits per heavy atom. The largest absolute Gasteiger partial charge is 0.443 e. The Bertz CT molecular complexity index is 305. The van der Waals surface area contributed by atoms with E-state index in [0.717, 1.165) is 19.0 Å². The molecule has 0 unspecified atom stereocenters. The van der Waals surface area contributed by atoms with Crippen LogP contribution in [0.3, 0.4) is 0 Å². The first-order valence-corrected chi connectivity index (χ1v) is 5.54. The SMILES string of the molecule is NC[C@H](O)c1ccc(N2CCCCC2)o1. The van der Waals surface area contributed by atoms with Gasteiger partial charge >= 0.3 is 0 Å². The second kappa shape index (κ2) is 4.68. The lowest BCUT2D eigenvalue weighted by molar-refractivity contribution is 0.158. The van der Waals surface area contributed by atoms with Gasteiger partial charge in [0.15, 0.2) is 5.88 Å².